The molecule has 2 heterocycles. The number of carbonyl (C=O) groups is 2. The number of carbonyl (C=O) groups excluding carboxylic acids is 2. The van der Waals surface area contributed by atoms with Crippen LogP contribution in [0, 0.1) is 0 Å². The number of halogens is 1. The summed E-state index contributed by atoms with van der Waals surface area (Å²) in [5, 5.41) is 6.11. The Kier molecular flexibility index (Phi) is 5.56. The Balaban J connectivity index is 2.03. The van der Waals surface area contributed by atoms with Crippen molar-refractivity contribution in [1.29, 1.82) is 0 Å². The predicted molar refractivity (Wildman–Crippen MR) is 80.8 cm³/mol. The molecule has 7 heteroatoms. The minimum absolute atomic E-state index is 0.0383. The number of esters is 1. The molecule has 0 aliphatic carbocycles. The van der Waals surface area contributed by atoms with Gasteiger partial charge >= 0.3 is 5.97 Å². The lowest BCUT2D eigenvalue weighted by atomic mass is 10.1. The van der Waals surface area contributed by atoms with Crippen LogP contribution in [0.25, 0.3) is 0 Å². The van der Waals surface area contributed by atoms with Gasteiger partial charge in [0.05, 0.1) is 16.9 Å². The van der Waals surface area contributed by atoms with Gasteiger partial charge in [0.1, 0.15) is 4.88 Å². The van der Waals surface area contributed by atoms with Gasteiger partial charge in [-0.3, -0.25) is 4.79 Å². The summed E-state index contributed by atoms with van der Waals surface area (Å²) in [7, 11) is 1.37. The number of methoxy groups -OCH3 is 1. The molecule has 0 spiro atoms. The lowest BCUT2D eigenvalue weighted by molar-refractivity contribution is -0.122. The molecule has 2 N–H and O–H groups in total. The molecular weight excluding hydrogens is 344 g/mol. The SMILES string of the molecule is COC(=O)c1sc(Br)cc1CNC1CCCCNC1=O. The second kappa shape index (κ2) is 7.19. The summed E-state index contributed by atoms with van der Waals surface area (Å²) in [4.78, 5) is 24.1. The van der Waals surface area contributed by atoms with E-state index in [1.165, 1.54) is 18.4 Å². The molecule has 1 fully saturated rings. The average molecular weight is 361 g/mol. The Bertz CT molecular complexity index is 504. The number of hydrogen-bond donors (Lipinski definition) is 2. The molecule has 0 radical (unpaired) electrons. The Morgan fingerprint density at radius 3 is 3.15 bits per heavy atom. The zero-order valence-electron chi connectivity index (χ0n) is 11.2. The van der Waals surface area contributed by atoms with Crippen LogP contribution < -0.4 is 10.6 Å². The highest BCUT2D eigenvalue weighted by Gasteiger charge is 2.22. The summed E-state index contributed by atoms with van der Waals surface area (Å²) in [5.74, 6) is -0.306. The van der Waals surface area contributed by atoms with E-state index in [1.54, 1.807) is 0 Å². The third kappa shape index (κ3) is 3.80. The van der Waals surface area contributed by atoms with Crippen molar-refractivity contribution >= 4 is 39.1 Å². The van der Waals surface area contributed by atoms with Gasteiger partial charge < -0.3 is 15.4 Å². The van der Waals surface area contributed by atoms with Crippen LogP contribution in [0.15, 0.2) is 9.85 Å². The van der Waals surface area contributed by atoms with Gasteiger partial charge in [0.15, 0.2) is 0 Å². The first kappa shape index (κ1) is 15.5. The second-order valence-corrected chi connectivity index (χ2v) is 7.05. The molecule has 1 aromatic rings. The van der Waals surface area contributed by atoms with E-state index in [0.29, 0.717) is 11.4 Å². The topological polar surface area (TPSA) is 67.4 Å². The molecule has 1 atom stereocenters. The first-order chi connectivity index (χ1) is 9.61. The van der Waals surface area contributed by atoms with Crippen molar-refractivity contribution in [3.05, 3.63) is 20.3 Å². The first-order valence-electron chi connectivity index (χ1n) is 6.49. The van der Waals surface area contributed by atoms with Crippen LogP contribution in [0.4, 0.5) is 0 Å². The van der Waals surface area contributed by atoms with Gasteiger partial charge in [-0.25, -0.2) is 4.79 Å². The fourth-order valence-corrected chi connectivity index (χ4v) is 3.75. The highest BCUT2D eigenvalue weighted by molar-refractivity contribution is 9.11. The molecule has 2 rings (SSSR count). The molecule has 1 amide bonds. The van der Waals surface area contributed by atoms with Crippen LogP contribution >= 0.6 is 27.3 Å². The highest BCUT2D eigenvalue weighted by atomic mass is 79.9. The molecule has 0 bridgehead atoms. The van der Waals surface area contributed by atoms with Gasteiger partial charge in [0, 0.05) is 13.1 Å². The minimum atomic E-state index is -0.345. The van der Waals surface area contributed by atoms with E-state index < -0.39 is 0 Å². The zero-order valence-corrected chi connectivity index (χ0v) is 13.6. The average Bonchev–Trinajstić information content (AvgIpc) is 2.68. The lowest BCUT2D eigenvalue weighted by Crippen LogP contribution is -2.42. The van der Waals surface area contributed by atoms with Crippen molar-refractivity contribution in [2.45, 2.75) is 31.8 Å². The molecule has 1 aliphatic rings. The van der Waals surface area contributed by atoms with Crippen LogP contribution in [-0.2, 0) is 16.1 Å². The fourth-order valence-electron chi connectivity index (χ4n) is 2.16. The largest absolute Gasteiger partial charge is 0.465 e. The highest BCUT2D eigenvalue weighted by Crippen LogP contribution is 2.28. The van der Waals surface area contributed by atoms with Crippen LogP contribution in [0.1, 0.15) is 34.5 Å². The Morgan fingerprint density at radius 2 is 2.40 bits per heavy atom. The van der Waals surface area contributed by atoms with E-state index in [9.17, 15) is 9.59 Å². The molecule has 20 heavy (non-hydrogen) atoms. The van der Waals surface area contributed by atoms with Gasteiger partial charge in [0.2, 0.25) is 5.91 Å². The quantitative estimate of drug-likeness (QED) is 0.806. The van der Waals surface area contributed by atoms with Gasteiger partial charge in [-0.2, -0.15) is 0 Å². The second-order valence-electron chi connectivity index (χ2n) is 4.62. The standard InChI is InChI=1S/C13H17BrN2O3S/c1-19-13(18)11-8(6-10(14)20-11)7-16-9-4-2-3-5-15-12(9)17/h6,9,16H,2-5,7H2,1H3,(H,15,17). The van der Waals surface area contributed by atoms with Gasteiger partial charge in [0.25, 0.3) is 0 Å². The number of amides is 1. The van der Waals surface area contributed by atoms with Crippen molar-refractivity contribution in [3.8, 4) is 0 Å². The summed E-state index contributed by atoms with van der Waals surface area (Å²) in [6.45, 7) is 1.22. The Morgan fingerprint density at radius 1 is 1.60 bits per heavy atom. The van der Waals surface area contributed by atoms with E-state index in [-0.39, 0.29) is 17.9 Å². The van der Waals surface area contributed by atoms with Crippen LogP contribution in [0.3, 0.4) is 0 Å². The lowest BCUT2D eigenvalue weighted by Gasteiger charge is -2.15. The maximum atomic E-state index is 11.8. The Labute approximate surface area is 130 Å². The molecule has 1 aromatic heterocycles. The maximum Gasteiger partial charge on any atom is 0.348 e. The van der Waals surface area contributed by atoms with Crippen molar-refractivity contribution in [2.75, 3.05) is 13.7 Å². The van der Waals surface area contributed by atoms with Crippen LogP contribution in [0.2, 0.25) is 0 Å². The first-order valence-corrected chi connectivity index (χ1v) is 8.10. The van der Waals surface area contributed by atoms with E-state index in [2.05, 4.69) is 26.6 Å². The summed E-state index contributed by atoms with van der Waals surface area (Å²) in [5.41, 5.74) is 0.853. The third-order valence-corrected chi connectivity index (χ3v) is 4.88. The van der Waals surface area contributed by atoms with Crippen molar-refractivity contribution in [1.82, 2.24) is 10.6 Å². The fraction of sp³-hybridized carbons (Fsp3) is 0.538. The number of thiophene rings is 1. The van der Waals surface area contributed by atoms with Crippen molar-refractivity contribution < 1.29 is 14.3 Å². The minimum Gasteiger partial charge on any atom is -0.465 e. The predicted octanol–water partition coefficient (Wildman–Crippen LogP) is 2.06. The number of nitrogens with one attached hydrogen (secondary N) is 2. The van der Waals surface area contributed by atoms with Crippen LogP contribution in [-0.4, -0.2) is 31.6 Å². The molecule has 0 saturated carbocycles. The van der Waals surface area contributed by atoms with E-state index in [0.717, 1.165) is 35.2 Å². The van der Waals surface area contributed by atoms with E-state index in [1.807, 2.05) is 6.07 Å². The number of ether oxygens (including phenoxy) is 1. The maximum absolute atomic E-state index is 11.8. The number of hydrogen-bond acceptors (Lipinski definition) is 5. The van der Waals surface area contributed by atoms with Crippen molar-refractivity contribution in [2.24, 2.45) is 0 Å². The molecule has 0 aromatic carbocycles. The van der Waals surface area contributed by atoms with Crippen LogP contribution in [0.5, 0.6) is 0 Å². The summed E-state index contributed by atoms with van der Waals surface area (Å²) >= 11 is 4.71. The number of rotatable bonds is 4. The van der Waals surface area contributed by atoms with E-state index >= 15 is 0 Å². The molecule has 1 unspecified atom stereocenters. The van der Waals surface area contributed by atoms with Crippen molar-refractivity contribution in [3.63, 3.8) is 0 Å². The summed E-state index contributed by atoms with van der Waals surface area (Å²) in [6.07, 6.45) is 2.86. The zero-order chi connectivity index (χ0) is 14.5. The van der Waals surface area contributed by atoms with Gasteiger partial charge in [-0.05, 0) is 46.8 Å². The molecule has 1 saturated heterocycles. The molecule has 110 valence electrons. The summed E-state index contributed by atoms with van der Waals surface area (Å²) in [6, 6.07) is 1.69. The molecule has 5 nitrogen and oxygen atoms in total. The van der Waals surface area contributed by atoms with E-state index in [4.69, 9.17) is 4.74 Å². The Hall–Kier alpha value is -0.920. The smallest absolute Gasteiger partial charge is 0.348 e. The summed E-state index contributed by atoms with van der Waals surface area (Å²) < 4.78 is 5.64. The van der Waals surface area contributed by atoms with Gasteiger partial charge in [-0.1, -0.05) is 0 Å². The monoisotopic (exact) mass is 360 g/mol. The molecule has 1 aliphatic heterocycles. The van der Waals surface area contributed by atoms with Gasteiger partial charge in [-0.15, -0.1) is 11.3 Å². The molecular formula is C13H17BrN2O3S. The third-order valence-electron chi connectivity index (χ3n) is 3.22. The normalized spacial score (nSPS) is 19.3.